The molecule has 2 N–H and O–H groups in total. The SMILES string of the molecule is O=c1[nH]c2ccc(/C=C3/c4ccc(F)cc4OCc4ncccc43)cc2[nH]1. The highest BCUT2D eigenvalue weighted by Gasteiger charge is 2.20. The molecular formula is C21H14FN3O2. The number of rotatable bonds is 1. The van der Waals surface area contributed by atoms with Gasteiger partial charge in [0, 0.05) is 23.4 Å². The van der Waals surface area contributed by atoms with E-state index in [0.29, 0.717) is 5.75 Å². The number of benzene rings is 2. The summed E-state index contributed by atoms with van der Waals surface area (Å²) in [6.07, 6.45) is 3.71. The summed E-state index contributed by atoms with van der Waals surface area (Å²) in [5.41, 5.74) is 5.55. The molecule has 5 rings (SSSR count). The van der Waals surface area contributed by atoms with E-state index in [1.165, 1.54) is 12.1 Å². The predicted octanol–water partition coefficient (Wildman–Crippen LogP) is 3.87. The lowest BCUT2D eigenvalue weighted by Gasteiger charge is -2.10. The second kappa shape index (κ2) is 5.95. The summed E-state index contributed by atoms with van der Waals surface area (Å²) in [6, 6.07) is 14.0. The molecule has 0 atom stereocenters. The number of hydrogen-bond acceptors (Lipinski definition) is 3. The first-order valence-electron chi connectivity index (χ1n) is 8.48. The van der Waals surface area contributed by atoms with Crippen molar-refractivity contribution >= 4 is 22.7 Å². The lowest BCUT2D eigenvalue weighted by Crippen LogP contribution is -1.99. The molecule has 132 valence electrons. The molecule has 6 heteroatoms. The van der Waals surface area contributed by atoms with Crippen LogP contribution in [0.1, 0.15) is 22.4 Å². The van der Waals surface area contributed by atoms with Crippen molar-refractivity contribution in [1.82, 2.24) is 15.0 Å². The zero-order valence-corrected chi connectivity index (χ0v) is 14.1. The Labute approximate surface area is 153 Å². The van der Waals surface area contributed by atoms with Crippen molar-refractivity contribution in [2.45, 2.75) is 6.61 Å². The van der Waals surface area contributed by atoms with Gasteiger partial charge in [-0.15, -0.1) is 0 Å². The molecule has 0 radical (unpaired) electrons. The average molecular weight is 359 g/mol. The van der Waals surface area contributed by atoms with E-state index in [4.69, 9.17) is 4.74 Å². The lowest BCUT2D eigenvalue weighted by molar-refractivity contribution is 0.301. The minimum Gasteiger partial charge on any atom is -0.487 e. The molecule has 2 aromatic heterocycles. The van der Waals surface area contributed by atoms with Crippen molar-refractivity contribution in [3.63, 3.8) is 0 Å². The molecule has 3 heterocycles. The zero-order valence-electron chi connectivity index (χ0n) is 14.1. The highest BCUT2D eigenvalue weighted by molar-refractivity contribution is 5.95. The molecule has 0 fully saturated rings. The number of aromatic amines is 2. The standard InChI is InChI=1S/C21H14FN3O2/c22-13-4-5-15-16(8-12-3-6-17-18(9-12)25-21(26)24-17)14-2-1-7-23-19(14)11-27-20(15)10-13/h1-10H,11H2,(H2,24,25,26)/b16-8+. The van der Waals surface area contributed by atoms with Crippen molar-refractivity contribution in [3.8, 4) is 5.75 Å². The Hall–Kier alpha value is -3.67. The van der Waals surface area contributed by atoms with Crippen molar-refractivity contribution < 1.29 is 9.13 Å². The molecule has 2 aromatic carbocycles. The van der Waals surface area contributed by atoms with Crippen LogP contribution in [0.15, 0.2) is 59.5 Å². The summed E-state index contributed by atoms with van der Waals surface area (Å²) >= 11 is 0. The van der Waals surface area contributed by atoms with Gasteiger partial charge in [0.15, 0.2) is 0 Å². The number of nitrogens with one attached hydrogen (secondary N) is 2. The second-order valence-electron chi connectivity index (χ2n) is 6.37. The molecule has 0 aliphatic carbocycles. The van der Waals surface area contributed by atoms with E-state index in [9.17, 15) is 9.18 Å². The van der Waals surface area contributed by atoms with Crippen molar-refractivity contribution in [1.29, 1.82) is 0 Å². The fourth-order valence-electron chi connectivity index (χ4n) is 3.39. The summed E-state index contributed by atoms with van der Waals surface area (Å²) in [4.78, 5) is 21.4. The largest absolute Gasteiger partial charge is 0.487 e. The molecule has 0 bridgehead atoms. The molecule has 0 spiro atoms. The van der Waals surface area contributed by atoms with Gasteiger partial charge < -0.3 is 14.7 Å². The third-order valence-electron chi connectivity index (χ3n) is 4.63. The van der Waals surface area contributed by atoms with E-state index in [0.717, 1.165) is 39.0 Å². The Bertz CT molecular complexity index is 1270. The van der Waals surface area contributed by atoms with Crippen LogP contribution in [0, 0.1) is 5.82 Å². The zero-order chi connectivity index (χ0) is 18.4. The monoisotopic (exact) mass is 359 g/mol. The topological polar surface area (TPSA) is 70.8 Å². The molecule has 4 aromatic rings. The smallest absolute Gasteiger partial charge is 0.323 e. The van der Waals surface area contributed by atoms with Crippen LogP contribution >= 0.6 is 0 Å². The molecule has 0 unspecified atom stereocenters. The van der Waals surface area contributed by atoms with Gasteiger partial charge in [-0.25, -0.2) is 9.18 Å². The number of aromatic nitrogens is 3. The molecule has 0 saturated carbocycles. The van der Waals surface area contributed by atoms with Crippen LogP contribution in [0.2, 0.25) is 0 Å². The molecule has 0 amide bonds. The van der Waals surface area contributed by atoms with Gasteiger partial charge in [-0.2, -0.15) is 0 Å². The van der Waals surface area contributed by atoms with Crippen molar-refractivity contribution in [2.75, 3.05) is 0 Å². The number of hydrogen-bond donors (Lipinski definition) is 2. The number of pyridine rings is 1. The van der Waals surface area contributed by atoms with Gasteiger partial charge in [0.1, 0.15) is 18.2 Å². The maximum absolute atomic E-state index is 13.7. The number of nitrogens with zero attached hydrogens (tertiary/aromatic N) is 1. The Balaban J connectivity index is 1.75. The van der Waals surface area contributed by atoms with E-state index < -0.39 is 0 Å². The first-order chi connectivity index (χ1) is 13.2. The highest BCUT2D eigenvalue weighted by atomic mass is 19.1. The van der Waals surface area contributed by atoms with Gasteiger partial charge in [-0.3, -0.25) is 4.98 Å². The molecule has 5 nitrogen and oxygen atoms in total. The lowest BCUT2D eigenvalue weighted by atomic mass is 9.94. The van der Waals surface area contributed by atoms with Crippen LogP contribution in [0.3, 0.4) is 0 Å². The average Bonchev–Trinajstić information content (AvgIpc) is 2.97. The van der Waals surface area contributed by atoms with E-state index in [1.807, 2.05) is 36.4 Å². The Morgan fingerprint density at radius 1 is 1.04 bits per heavy atom. The number of fused-ring (bicyclic) bond motifs is 3. The first-order valence-corrected chi connectivity index (χ1v) is 8.48. The number of imidazole rings is 1. The minimum atomic E-state index is -0.349. The van der Waals surface area contributed by atoms with Crippen LogP contribution < -0.4 is 10.4 Å². The van der Waals surface area contributed by atoms with Gasteiger partial charge in [-0.05, 0) is 47.5 Å². The van der Waals surface area contributed by atoms with Crippen molar-refractivity contribution in [3.05, 3.63) is 93.4 Å². The Morgan fingerprint density at radius 3 is 2.85 bits per heavy atom. The molecule has 27 heavy (non-hydrogen) atoms. The molecule has 0 saturated heterocycles. The van der Waals surface area contributed by atoms with Crippen LogP contribution in [0.25, 0.3) is 22.7 Å². The fourth-order valence-corrected chi connectivity index (χ4v) is 3.39. The molecular weight excluding hydrogens is 345 g/mol. The van der Waals surface area contributed by atoms with Gasteiger partial charge in [0.2, 0.25) is 0 Å². The van der Waals surface area contributed by atoms with Crippen LogP contribution in [0.5, 0.6) is 5.75 Å². The fraction of sp³-hybridized carbons (Fsp3) is 0.0476. The van der Waals surface area contributed by atoms with Crippen molar-refractivity contribution in [2.24, 2.45) is 0 Å². The number of halogens is 1. The van der Waals surface area contributed by atoms with Gasteiger partial charge in [-0.1, -0.05) is 12.1 Å². The molecule has 1 aliphatic rings. The van der Waals surface area contributed by atoms with Crippen LogP contribution in [0.4, 0.5) is 4.39 Å². The highest BCUT2D eigenvalue weighted by Crippen LogP contribution is 2.37. The summed E-state index contributed by atoms with van der Waals surface area (Å²) in [7, 11) is 0. The van der Waals surface area contributed by atoms with Gasteiger partial charge in [0.05, 0.1) is 16.7 Å². The first kappa shape index (κ1) is 15.6. The second-order valence-corrected chi connectivity index (χ2v) is 6.37. The third-order valence-corrected chi connectivity index (χ3v) is 4.63. The Morgan fingerprint density at radius 2 is 1.93 bits per heavy atom. The normalized spacial score (nSPS) is 14.5. The third kappa shape index (κ3) is 2.71. The van der Waals surface area contributed by atoms with E-state index in [2.05, 4.69) is 15.0 Å². The summed E-state index contributed by atoms with van der Waals surface area (Å²) < 4.78 is 19.5. The quantitative estimate of drug-likeness (QED) is 0.542. The number of ether oxygens (including phenoxy) is 1. The predicted molar refractivity (Wildman–Crippen MR) is 101 cm³/mol. The number of H-pyrrole nitrogens is 2. The van der Waals surface area contributed by atoms with E-state index in [-0.39, 0.29) is 18.1 Å². The van der Waals surface area contributed by atoms with Crippen LogP contribution in [-0.4, -0.2) is 15.0 Å². The van der Waals surface area contributed by atoms with E-state index in [1.54, 1.807) is 12.3 Å². The van der Waals surface area contributed by atoms with E-state index >= 15 is 0 Å². The van der Waals surface area contributed by atoms with Gasteiger partial charge in [0.25, 0.3) is 0 Å². The summed E-state index contributed by atoms with van der Waals surface area (Å²) in [5, 5.41) is 0. The molecule has 1 aliphatic heterocycles. The minimum absolute atomic E-state index is 0.243. The van der Waals surface area contributed by atoms with Crippen LogP contribution in [-0.2, 0) is 6.61 Å². The summed E-state index contributed by atoms with van der Waals surface area (Å²) in [5.74, 6) is 0.133. The maximum atomic E-state index is 13.7. The summed E-state index contributed by atoms with van der Waals surface area (Å²) in [6.45, 7) is 0.272. The maximum Gasteiger partial charge on any atom is 0.323 e. The Kier molecular flexibility index (Phi) is 3.43. The van der Waals surface area contributed by atoms with Gasteiger partial charge >= 0.3 is 5.69 Å².